The summed E-state index contributed by atoms with van der Waals surface area (Å²) in [7, 11) is 0. The number of carbonyl (C=O) groups is 1. The third-order valence-corrected chi connectivity index (χ3v) is 3.12. The van der Waals surface area contributed by atoms with Crippen molar-refractivity contribution in [3.8, 4) is 0 Å². The number of thiophene rings is 1. The van der Waals surface area contributed by atoms with Crippen molar-refractivity contribution in [1.29, 1.82) is 0 Å². The minimum absolute atomic E-state index is 0.216. The molecule has 1 atom stereocenters. The number of hydrogen-bond donors (Lipinski definition) is 2. The molecule has 0 radical (unpaired) electrons. The fraction of sp³-hybridized carbons (Fsp3) is 0.500. The van der Waals surface area contributed by atoms with Crippen LogP contribution < -0.4 is 0 Å². The summed E-state index contributed by atoms with van der Waals surface area (Å²) in [5.74, 6) is -0.969. The van der Waals surface area contributed by atoms with Crippen LogP contribution in [0.15, 0.2) is 12.1 Å². The van der Waals surface area contributed by atoms with Crippen molar-refractivity contribution < 1.29 is 15.0 Å². The summed E-state index contributed by atoms with van der Waals surface area (Å²) in [4.78, 5) is 12.3. The predicted molar refractivity (Wildman–Crippen MR) is 55.5 cm³/mol. The number of aryl methyl sites for hydroxylation is 1. The molecule has 0 aromatic carbocycles. The number of carboxylic acid groups (broad SMARTS) is 1. The zero-order valence-electron chi connectivity index (χ0n) is 8.06. The van der Waals surface area contributed by atoms with Crippen LogP contribution in [-0.2, 0) is 11.2 Å². The lowest BCUT2D eigenvalue weighted by molar-refractivity contribution is -0.139. The van der Waals surface area contributed by atoms with Crippen molar-refractivity contribution in [1.82, 2.24) is 0 Å². The molecule has 0 aliphatic heterocycles. The Kier molecular flexibility index (Phi) is 4.10. The van der Waals surface area contributed by atoms with Crippen molar-refractivity contribution >= 4 is 17.3 Å². The number of aliphatic carboxylic acids is 1. The second-order valence-electron chi connectivity index (χ2n) is 3.17. The van der Waals surface area contributed by atoms with Crippen molar-refractivity contribution in [2.75, 3.05) is 0 Å². The Morgan fingerprint density at radius 1 is 1.57 bits per heavy atom. The summed E-state index contributed by atoms with van der Waals surface area (Å²) < 4.78 is 0. The standard InChI is InChI=1S/C10H14O3S/c1-2-3-7-4-5-9(14-7)8(11)6-10(12)13/h4-5,8,11H,2-3,6H2,1H3,(H,12,13). The SMILES string of the molecule is CCCc1ccc(C(O)CC(=O)O)s1. The van der Waals surface area contributed by atoms with E-state index in [1.54, 1.807) is 0 Å². The van der Waals surface area contributed by atoms with E-state index < -0.39 is 12.1 Å². The van der Waals surface area contributed by atoms with Crippen LogP contribution in [0.4, 0.5) is 0 Å². The van der Waals surface area contributed by atoms with Crippen molar-refractivity contribution in [2.45, 2.75) is 32.3 Å². The first-order valence-corrected chi connectivity index (χ1v) is 5.43. The van der Waals surface area contributed by atoms with E-state index >= 15 is 0 Å². The lowest BCUT2D eigenvalue weighted by atomic mass is 10.2. The highest BCUT2D eigenvalue weighted by molar-refractivity contribution is 7.12. The second-order valence-corrected chi connectivity index (χ2v) is 4.37. The molecule has 0 aliphatic rings. The average Bonchev–Trinajstić information content (AvgIpc) is 2.52. The summed E-state index contributed by atoms with van der Waals surface area (Å²) in [5, 5.41) is 18.0. The Balaban J connectivity index is 2.61. The van der Waals surface area contributed by atoms with Crippen LogP contribution in [-0.4, -0.2) is 16.2 Å². The quantitative estimate of drug-likeness (QED) is 0.790. The fourth-order valence-corrected chi connectivity index (χ4v) is 2.32. The maximum atomic E-state index is 10.4. The molecular weight excluding hydrogens is 200 g/mol. The number of hydrogen-bond acceptors (Lipinski definition) is 3. The lowest BCUT2D eigenvalue weighted by Crippen LogP contribution is -2.03. The van der Waals surface area contributed by atoms with Crippen molar-refractivity contribution in [2.24, 2.45) is 0 Å². The maximum Gasteiger partial charge on any atom is 0.306 e. The molecule has 1 aromatic heterocycles. The Morgan fingerprint density at radius 2 is 2.29 bits per heavy atom. The van der Waals surface area contributed by atoms with E-state index in [4.69, 9.17) is 5.11 Å². The van der Waals surface area contributed by atoms with Gasteiger partial charge in [-0.3, -0.25) is 4.79 Å². The first kappa shape index (κ1) is 11.2. The highest BCUT2D eigenvalue weighted by atomic mass is 32.1. The van der Waals surface area contributed by atoms with Crippen LogP contribution in [0.3, 0.4) is 0 Å². The highest BCUT2D eigenvalue weighted by Crippen LogP contribution is 2.26. The van der Waals surface area contributed by atoms with E-state index in [2.05, 4.69) is 6.92 Å². The molecule has 0 saturated carbocycles. The minimum Gasteiger partial charge on any atom is -0.481 e. The smallest absolute Gasteiger partial charge is 0.306 e. The van der Waals surface area contributed by atoms with Crippen LogP contribution in [0.5, 0.6) is 0 Å². The van der Waals surface area contributed by atoms with E-state index in [-0.39, 0.29) is 6.42 Å². The highest BCUT2D eigenvalue weighted by Gasteiger charge is 2.13. The van der Waals surface area contributed by atoms with E-state index in [9.17, 15) is 9.90 Å². The third-order valence-electron chi connectivity index (χ3n) is 1.88. The maximum absolute atomic E-state index is 10.4. The Labute approximate surface area is 87.0 Å². The largest absolute Gasteiger partial charge is 0.481 e. The van der Waals surface area contributed by atoms with E-state index in [0.717, 1.165) is 17.7 Å². The topological polar surface area (TPSA) is 57.5 Å². The van der Waals surface area contributed by atoms with Gasteiger partial charge in [-0.25, -0.2) is 0 Å². The van der Waals surface area contributed by atoms with Gasteiger partial charge in [0.2, 0.25) is 0 Å². The zero-order valence-corrected chi connectivity index (χ0v) is 8.88. The van der Waals surface area contributed by atoms with Gasteiger partial charge in [0.15, 0.2) is 0 Å². The molecule has 14 heavy (non-hydrogen) atoms. The zero-order chi connectivity index (χ0) is 10.6. The minimum atomic E-state index is -0.969. The molecule has 1 aromatic rings. The van der Waals surface area contributed by atoms with Crippen LogP contribution in [0.1, 0.15) is 35.6 Å². The fourth-order valence-electron chi connectivity index (χ4n) is 1.22. The second kappa shape index (κ2) is 5.12. The molecule has 1 rings (SSSR count). The van der Waals surface area contributed by atoms with Gasteiger partial charge in [-0.2, -0.15) is 0 Å². The van der Waals surface area contributed by atoms with Gasteiger partial charge in [0.1, 0.15) is 0 Å². The van der Waals surface area contributed by atoms with Gasteiger partial charge in [-0.05, 0) is 18.6 Å². The van der Waals surface area contributed by atoms with Gasteiger partial charge in [-0.1, -0.05) is 13.3 Å². The molecule has 4 heteroatoms. The molecule has 0 fully saturated rings. The summed E-state index contributed by atoms with van der Waals surface area (Å²) in [6.07, 6.45) is 0.981. The monoisotopic (exact) mass is 214 g/mol. The molecule has 1 heterocycles. The third kappa shape index (κ3) is 3.12. The summed E-state index contributed by atoms with van der Waals surface area (Å²) in [5.41, 5.74) is 0. The molecule has 0 saturated heterocycles. The van der Waals surface area contributed by atoms with Crippen molar-refractivity contribution in [3.05, 3.63) is 21.9 Å². The summed E-state index contributed by atoms with van der Waals surface area (Å²) in [6.45, 7) is 2.09. The normalized spacial score (nSPS) is 12.7. The van der Waals surface area contributed by atoms with Gasteiger partial charge in [0, 0.05) is 9.75 Å². The molecule has 0 aliphatic carbocycles. The molecular formula is C10H14O3S. The van der Waals surface area contributed by atoms with Crippen LogP contribution in [0, 0.1) is 0 Å². The van der Waals surface area contributed by atoms with E-state index in [1.807, 2.05) is 12.1 Å². The van der Waals surface area contributed by atoms with E-state index in [1.165, 1.54) is 16.2 Å². The van der Waals surface area contributed by atoms with Gasteiger partial charge in [0.05, 0.1) is 12.5 Å². The van der Waals surface area contributed by atoms with E-state index in [0.29, 0.717) is 0 Å². The van der Waals surface area contributed by atoms with Gasteiger partial charge >= 0.3 is 5.97 Å². The Morgan fingerprint density at radius 3 is 2.86 bits per heavy atom. The van der Waals surface area contributed by atoms with Gasteiger partial charge in [0.25, 0.3) is 0 Å². The summed E-state index contributed by atoms with van der Waals surface area (Å²) in [6, 6.07) is 3.76. The predicted octanol–water partition coefficient (Wildman–Crippen LogP) is 2.21. The van der Waals surface area contributed by atoms with Gasteiger partial charge < -0.3 is 10.2 Å². The Bertz CT molecular complexity index is 306. The molecule has 0 bridgehead atoms. The first-order chi connectivity index (χ1) is 6.63. The van der Waals surface area contributed by atoms with Crippen LogP contribution in [0.25, 0.3) is 0 Å². The van der Waals surface area contributed by atoms with Crippen molar-refractivity contribution in [3.63, 3.8) is 0 Å². The van der Waals surface area contributed by atoms with Crippen LogP contribution in [0.2, 0.25) is 0 Å². The molecule has 0 spiro atoms. The molecule has 2 N–H and O–H groups in total. The Hall–Kier alpha value is -0.870. The van der Waals surface area contributed by atoms with Gasteiger partial charge in [-0.15, -0.1) is 11.3 Å². The average molecular weight is 214 g/mol. The lowest BCUT2D eigenvalue weighted by Gasteiger charge is -2.03. The number of aliphatic hydroxyl groups is 1. The first-order valence-electron chi connectivity index (χ1n) is 4.62. The number of rotatable bonds is 5. The molecule has 1 unspecified atom stereocenters. The number of aliphatic hydroxyl groups excluding tert-OH is 1. The number of carboxylic acids is 1. The van der Waals surface area contributed by atoms with Crippen LogP contribution >= 0.6 is 11.3 Å². The molecule has 0 amide bonds. The summed E-state index contributed by atoms with van der Waals surface area (Å²) >= 11 is 1.49. The molecule has 3 nitrogen and oxygen atoms in total. The molecule has 78 valence electrons.